The van der Waals surface area contributed by atoms with Gasteiger partial charge < -0.3 is 10.3 Å². The lowest BCUT2D eigenvalue weighted by Crippen LogP contribution is -2.17. The second kappa shape index (κ2) is 8.54. The van der Waals surface area contributed by atoms with Crippen LogP contribution >= 0.6 is 0 Å². The van der Waals surface area contributed by atoms with Crippen LogP contribution in [0.15, 0.2) is 47.3 Å². The maximum atomic E-state index is 12.0. The molecule has 2 aromatic rings. The van der Waals surface area contributed by atoms with Crippen molar-refractivity contribution < 1.29 is 4.79 Å². The number of unbranched alkanes of at least 4 members (excludes halogenated alkanes) is 2. The highest BCUT2D eigenvalue weighted by atomic mass is 16.1. The zero-order chi connectivity index (χ0) is 16.5. The number of hydrogen-bond acceptors (Lipinski definition) is 3. The van der Waals surface area contributed by atoms with Crippen LogP contribution in [0.1, 0.15) is 30.5 Å². The van der Waals surface area contributed by atoms with Gasteiger partial charge in [0.25, 0.3) is 0 Å². The van der Waals surface area contributed by atoms with Crippen molar-refractivity contribution in [2.24, 2.45) is 0 Å². The normalized spacial score (nSPS) is 10.0. The van der Waals surface area contributed by atoms with Crippen LogP contribution in [-0.4, -0.2) is 10.9 Å². The van der Waals surface area contributed by atoms with E-state index in [4.69, 9.17) is 5.26 Å². The highest BCUT2D eigenvalue weighted by molar-refractivity contribution is 5.92. The minimum Gasteiger partial charge on any atom is -0.326 e. The third kappa shape index (κ3) is 5.79. The summed E-state index contributed by atoms with van der Waals surface area (Å²) < 4.78 is 0. The molecule has 0 aliphatic carbocycles. The third-order valence-corrected chi connectivity index (χ3v) is 3.38. The molecule has 118 valence electrons. The van der Waals surface area contributed by atoms with Gasteiger partial charge >= 0.3 is 0 Å². The molecule has 5 nitrogen and oxygen atoms in total. The number of nitriles is 1. The lowest BCUT2D eigenvalue weighted by atomic mass is 10.1. The molecule has 0 saturated heterocycles. The Balaban J connectivity index is 1.96. The SMILES string of the molecule is N#CCCCCc1cc(NC(=O)Cc2ccccc2)cc(=O)[nH]1. The highest BCUT2D eigenvalue weighted by Crippen LogP contribution is 2.10. The van der Waals surface area contributed by atoms with Gasteiger partial charge in [0.15, 0.2) is 0 Å². The monoisotopic (exact) mass is 309 g/mol. The smallest absolute Gasteiger partial charge is 0.250 e. The first kappa shape index (κ1) is 16.5. The molecule has 2 N–H and O–H groups in total. The van der Waals surface area contributed by atoms with Crippen molar-refractivity contribution in [1.82, 2.24) is 4.98 Å². The van der Waals surface area contributed by atoms with Crippen molar-refractivity contribution in [2.45, 2.75) is 32.1 Å². The first-order chi connectivity index (χ1) is 11.2. The Morgan fingerprint density at radius 1 is 1.17 bits per heavy atom. The zero-order valence-electron chi connectivity index (χ0n) is 12.8. The number of nitrogens with zero attached hydrogens (tertiary/aromatic N) is 1. The van der Waals surface area contributed by atoms with E-state index in [2.05, 4.69) is 16.4 Å². The standard InChI is InChI=1S/C18H19N3O2/c19-10-6-2-5-9-15-12-16(13-18(23)20-15)21-17(22)11-14-7-3-1-4-8-14/h1,3-4,7-8,12-13H,2,5-6,9,11H2,(H2,20,21,22,23). The molecule has 1 heterocycles. The topological polar surface area (TPSA) is 85.8 Å². The van der Waals surface area contributed by atoms with Gasteiger partial charge in [0, 0.05) is 23.9 Å². The summed E-state index contributed by atoms with van der Waals surface area (Å²) in [6.07, 6.45) is 3.08. The molecule has 0 spiro atoms. The lowest BCUT2D eigenvalue weighted by Gasteiger charge is -2.07. The van der Waals surface area contributed by atoms with Gasteiger partial charge in [-0.25, -0.2) is 0 Å². The number of H-pyrrole nitrogens is 1. The van der Waals surface area contributed by atoms with Gasteiger partial charge in [-0.2, -0.15) is 5.26 Å². The summed E-state index contributed by atoms with van der Waals surface area (Å²) in [6.45, 7) is 0. The van der Waals surface area contributed by atoms with Crippen molar-refractivity contribution in [1.29, 1.82) is 5.26 Å². The fourth-order valence-corrected chi connectivity index (χ4v) is 2.31. The molecular formula is C18H19N3O2. The number of pyridine rings is 1. The summed E-state index contributed by atoms with van der Waals surface area (Å²) in [7, 11) is 0. The van der Waals surface area contributed by atoms with Crippen LogP contribution in [-0.2, 0) is 17.6 Å². The van der Waals surface area contributed by atoms with Crippen molar-refractivity contribution in [2.75, 3.05) is 5.32 Å². The molecule has 1 aromatic carbocycles. The Morgan fingerprint density at radius 2 is 1.96 bits per heavy atom. The van der Waals surface area contributed by atoms with Gasteiger partial charge in [-0.3, -0.25) is 9.59 Å². The van der Waals surface area contributed by atoms with E-state index in [9.17, 15) is 9.59 Å². The minimum atomic E-state index is -0.238. The molecule has 23 heavy (non-hydrogen) atoms. The van der Waals surface area contributed by atoms with E-state index in [1.54, 1.807) is 6.07 Å². The Kier molecular flexibility index (Phi) is 6.13. The summed E-state index contributed by atoms with van der Waals surface area (Å²) in [5, 5.41) is 11.3. The van der Waals surface area contributed by atoms with E-state index in [1.807, 2.05) is 30.3 Å². The Hall–Kier alpha value is -2.87. The molecule has 0 bridgehead atoms. The fraction of sp³-hybridized carbons (Fsp3) is 0.278. The van der Waals surface area contributed by atoms with Crippen LogP contribution < -0.4 is 10.9 Å². The van der Waals surface area contributed by atoms with Crippen molar-refractivity contribution in [3.63, 3.8) is 0 Å². The van der Waals surface area contributed by atoms with Gasteiger partial charge in [0.05, 0.1) is 12.5 Å². The molecule has 5 heteroatoms. The highest BCUT2D eigenvalue weighted by Gasteiger charge is 2.06. The quantitative estimate of drug-likeness (QED) is 0.771. The average molecular weight is 309 g/mol. The average Bonchev–Trinajstić information content (AvgIpc) is 2.52. The third-order valence-electron chi connectivity index (χ3n) is 3.38. The van der Waals surface area contributed by atoms with Gasteiger partial charge in [0.1, 0.15) is 0 Å². The number of nitrogens with one attached hydrogen (secondary N) is 2. The van der Waals surface area contributed by atoms with Crippen LogP contribution in [0.25, 0.3) is 0 Å². The number of hydrogen-bond donors (Lipinski definition) is 2. The van der Waals surface area contributed by atoms with Crippen LogP contribution in [0.2, 0.25) is 0 Å². The van der Waals surface area contributed by atoms with Gasteiger partial charge in [-0.05, 0) is 30.9 Å². The molecule has 0 aliphatic rings. The number of aromatic nitrogens is 1. The fourth-order valence-electron chi connectivity index (χ4n) is 2.31. The summed E-state index contributed by atoms with van der Waals surface area (Å²) in [4.78, 5) is 26.5. The van der Waals surface area contributed by atoms with E-state index < -0.39 is 0 Å². The largest absolute Gasteiger partial charge is 0.326 e. The Morgan fingerprint density at radius 3 is 2.70 bits per heavy atom. The van der Waals surface area contributed by atoms with Crippen LogP contribution in [0.5, 0.6) is 0 Å². The first-order valence-corrected chi connectivity index (χ1v) is 7.61. The number of amides is 1. The molecule has 1 aromatic heterocycles. The maximum absolute atomic E-state index is 12.0. The maximum Gasteiger partial charge on any atom is 0.250 e. The second-order valence-electron chi connectivity index (χ2n) is 5.33. The summed E-state index contributed by atoms with van der Waals surface area (Å²) >= 11 is 0. The van der Waals surface area contributed by atoms with Gasteiger partial charge in [-0.15, -0.1) is 0 Å². The van der Waals surface area contributed by atoms with E-state index in [1.165, 1.54) is 6.07 Å². The minimum absolute atomic E-state index is 0.155. The molecule has 0 saturated carbocycles. The number of aryl methyl sites for hydroxylation is 1. The van der Waals surface area contributed by atoms with Crippen molar-refractivity contribution >= 4 is 11.6 Å². The molecular weight excluding hydrogens is 290 g/mol. The van der Waals surface area contributed by atoms with Crippen LogP contribution in [0.4, 0.5) is 5.69 Å². The summed E-state index contributed by atoms with van der Waals surface area (Å²) in [5.41, 5.74) is 1.96. The number of anilines is 1. The Labute approximate surface area is 135 Å². The van der Waals surface area contributed by atoms with Gasteiger partial charge in [-0.1, -0.05) is 30.3 Å². The lowest BCUT2D eigenvalue weighted by molar-refractivity contribution is -0.115. The number of benzene rings is 1. The van der Waals surface area contributed by atoms with E-state index in [0.717, 1.165) is 24.1 Å². The molecule has 0 unspecified atom stereocenters. The molecule has 1 amide bonds. The molecule has 0 atom stereocenters. The van der Waals surface area contributed by atoms with E-state index >= 15 is 0 Å². The summed E-state index contributed by atoms with van der Waals surface area (Å²) in [5.74, 6) is -0.155. The predicted molar refractivity (Wildman–Crippen MR) is 89.0 cm³/mol. The van der Waals surface area contributed by atoms with Crippen LogP contribution in [0, 0.1) is 11.3 Å². The molecule has 0 fully saturated rings. The van der Waals surface area contributed by atoms with E-state index in [-0.39, 0.29) is 17.9 Å². The van der Waals surface area contributed by atoms with Gasteiger partial charge in [0.2, 0.25) is 11.5 Å². The number of carbonyl (C=O) groups excluding carboxylic acids is 1. The molecule has 2 rings (SSSR count). The number of carbonyl (C=O) groups is 1. The van der Waals surface area contributed by atoms with Crippen molar-refractivity contribution in [3.8, 4) is 6.07 Å². The predicted octanol–water partition coefficient (Wildman–Crippen LogP) is 2.79. The van der Waals surface area contributed by atoms with Crippen molar-refractivity contribution in [3.05, 3.63) is 64.1 Å². The van der Waals surface area contributed by atoms with Crippen LogP contribution in [0.3, 0.4) is 0 Å². The zero-order valence-corrected chi connectivity index (χ0v) is 12.8. The number of rotatable bonds is 7. The van der Waals surface area contributed by atoms with E-state index in [0.29, 0.717) is 18.5 Å². The Bertz CT molecular complexity index is 745. The summed E-state index contributed by atoms with van der Waals surface area (Å²) in [6, 6.07) is 14.7. The number of aromatic amines is 1. The first-order valence-electron chi connectivity index (χ1n) is 7.61. The molecule has 0 radical (unpaired) electrons. The molecule has 0 aliphatic heterocycles. The second-order valence-corrected chi connectivity index (χ2v) is 5.33.